The summed E-state index contributed by atoms with van der Waals surface area (Å²) in [7, 11) is 0. The van der Waals surface area contributed by atoms with Gasteiger partial charge < -0.3 is 4.90 Å². The molecule has 17 heavy (non-hydrogen) atoms. The zero-order valence-electron chi connectivity index (χ0n) is 10.9. The average molecular weight is 232 g/mol. The largest absolute Gasteiger partial charge is 0.326 e. The third-order valence-electron chi connectivity index (χ3n) is 4.09. The monoisotopic (exact) mass is 232 g/mol. The van der Waals surface area contributed by atoms with Gasteiger partial charge in [-0.25, -0.2) is 0 Å². The topological polar surface area (TPSA) is 21.5 Å². The highest BCUT2D eigenvalue weighted by molar-refractivity contribution is 5.81. The highest BCUT2D eigenvalue weighted by atomic mass is 16.1. The van der Waals surface area contributed by atoms with Gasteiger partial charge in [-0.1, -0.05) is 37.3 Å². The molecule has 0 aromatic heterocycles. The molecule has 1 heterocycles. The minimum atomic E-state index is 0.215. The molecule has 4 atom stereocenters. The summed E-state index contributed by atoms with van der Waals surface area (Å²) in [5.74, 6) is 0.647. The van der Waals surface area contributed by atoms with Crippen LogP contribution in [-0.4, -0.2) is 18.4 Å². The molecule has 1 saturated heterocycles. The van der Waals surface area contributed by atoms with Gasteiger partial charge in [0.2, 0.25) is 0 Å². The number of Topliss-reactive ketones (excluding diaryl/α,β-unsaturated/α-hetero) is 1. The Kier molecular flexibility index (Phi) is 3.63. The fourth-order valence-electron chi connectivity index (χ4n) is 2.86. The van der Waals surface area contributed by atoms with Crippen molar-refractivity contribution in [3.63, 3.8) is 0 Å². The van der Waals surface area contributed by atoms with Crippen LogP contribution in [-0.2, 0) is 4.79 Å². The third kappa shape index (κ3) is 2.58. The van der Waals surface area contributed by atoms with Gasteiger partial charge in [0.1, 0.15) is 11.8 Å². The lowest BCUT2D eigenvalue weighted by Gasteiger charge is -2.37. The van der Waals surface area contributed by atoms with Crippen LogP contribution in [0, 0.1) is 5.92 Å². The van der Waals surface area contributed by atoms with Gasteiger partial charge in [0, 0.05) is 5.56 Å². The van der Waals surface area contributed by atoms with Crippen LogP contribution in [0.25, 0.3) is 0 Å². The van der Waals surface area contributed by atoms with Gasteiger partial charge in [0.05, 0.1) is 24.9 Å². The van der Waals surface area contributed by atoms with E-state index in [0.717, 1.165) is 13.0 Å². The normalized spacial score (nSPS) is 31.2. The lowest BCUT2D eigenvalue weighted by molar-refractivity contribution is -0.956. The smallest absolute Gasteiger partial charge is 0.147 e. The third-order valence-corrected chi connectivity index (χ3v) is 4.09. The predicted molar refractivity (Wildman–Crippen MR) is 68.9 cm³/mol. The maximum atomic E-state index is 11.7. The molecular formula is C15H22NO+. The van der Waals surface area contributed by atoms with Crippen LogP contribution < -0.4 is 4.90 Å². The second kappa shape index (κ2) is 5.01. The Morgan fingerprint density at radius 1 is 1.24 bits per heavy atom. The van der Waals surface area contributed by atoms with E-state index in [1.807, 2.05) is 0 Å². The Hall–Kier alpha value is -1.15. The van der Waals surface area contributed by atoms with Crippen molar-refractivity contribution in [2.45, 2.75) is 39.3 Å². The Morgan fingerprint density at radius 3 is 2.53 bits per heavy atom. The van der Waals surface area contributed by atoms with E-state index in [1.165, 1.54) is 5.56 Å². The van der Waals surface area contributed by atoms with E-state index in [-0.39, 0.29) is 5.92 Å². The molecule has 0 amide bonds. The lowest BCUT2D eigenvalue weighted by Crippen LogP contribution is -3.17. The van der Waals surface area contributed by atoms with E-state index >= 15 is 0 Å². The second-order valence-corrected chi connectivity index (χ2v) is 5.38. The second-order valence-electron chi connectivity index (χ2n) is 5.38. The minimum absolute atomic E-state index is 0.215. The molecular weight excluding hydrogens is 210 g/mol. The molecule has 1 aliphatic heterocycles. The minimum Gasteiger partial charge on any atom is -0.326 e. The van der Waals surface area contributed by atoms with Crippen molar-refractivity contribution in [1.82, 2.24) is 0 Å². The molecule has 1 fully saturated rings. The molecule has 0 radical (unpaired) electrons. The Labute approximate surface area is 104 Å². The Bertz CT molecular complexity index is 387. The SMILES string of the molecule is C[C@H]1C[NH+]([C@@H](C)c2ccccc2)[C@@H](C)CC1=O. The number of piperidine rings is 1. The molecule has 2 rings (SSSR count). The maximum Gasteiger partial charge on any atom is 0.147 e. The van der Waals surface area contributed by atoms with Crippen LogP contribution in [0.15, 0.2) is 30.3 Å². The molecule has 1 aliphatic rings. The standard InChI is InChI=1S/C15H21NO/c1-11-10-16(12(2)9-15(11)17)13(3)14-7-5-4-6-8-14/h4-8,11-13H,9-10H2,1-3H3/p+1/t11-,12-,13-/m0/s1. The summed E-state index contributed by atoms with van der Waals surface area (Å²) in [6, 6.07) is 11.5. The number of hydrogen-bond donors (Lipinski definition) is 1. The van der Waals surface area contributed by atoms with Crippen LogP contribution in [0.2, 0.25) is 0 Å². The molecule has 2 heteroatoms. The van der Waals surface area contributed by atoms with Crippen LogP contribution in [0.3, 0.4) is 0 Å². The van der Waals surface area contributed by atoms with Crippen molar-refractivity contribution in [2.75, 3.05) is 6.54 Å². The first-order chi connectivity index (χ1) is 8.09. The number of quaternary nitrogens is 1. The quantitative estimate of drug-likeness (QED) is 0.822. The predicted octanol–water partition coefficient (Wildman–Crippen LogP) is 1.63. The summed E-state index contributed by atoms with van der Waals surface area (Å²) < 4.78 is 0. The molecule has 0 bridgehead atoms. The van der Waals surface area contributed by atoms with E-state index in [1.54, 1.807) is 4.90 Å². The first kappa shape index (κ1) is 12.3. The molecule has 1 aromatic rings. The van der Waals surface area contributed by atoms with Gasteiger partial charge in [-0.2, -0.15) is 0 Å². The fraction of sp³-hybridized carbons (Fsp3) is 0.533. The number of carbonyl (C=O) groups is 1. The van der Waals surface area contributed by atoms with Crippen molar-refractivity contribution in [1.29, 1.82) is 0 Å². The number of hydrogen-bond acceptors (Lipinski definition) is 1. The average Bonchev–Trinajstić information content (AvgIpc) is 2.34. The summed E-state index contributed by atoms with van der Waals surface area (Å²) in [6.45, 7) is 7.49. The van der Waals surface area contributed by atoms with Gasteiger partial charge in [-0.15, -0.1) is 0 Å². The van der Waals surface area contributed by atoms with Crippen molar-refractivity contribution in [3.05, 3.63) is 35.9 Å². The molecule has 1 N–H and O–H groups in total. The van der Waals surface area contributed by atoms with Crippen molar-refractivity contribution < 1.29 is 9.69 Å². The van der Waals surface area contributed by atoms with Crippen LogP contribution in [0.5, 0.6) is 0 Å². The number of nitrogens with one attached hydrogen (secondary N) is 1. The van der Waals surface area contributed by atoms with Gasteiger partial charge in [-0.3, -0.25) is 4.79 Å². The maximum absolute atomic E-state index is 11.7. The molecule has 0 aliphatic carbocycles. The zero-order chi connectivity index (χ0) is 12.4. The first-order valence-electron chi connectivity index (χ1n) is 6.53. The van der Waals surface area contributed by atoms with Crippen molar-refractivity contribution >= 4 is 5.78 Å². The first-order valence-corrected chi connectivity index (χ1v) is 6.53. The van der Waals surface area contributed by atoms with Gasteiger partial charge in [0.15, 0.2) is 0 Å². The zero-order valence-corrected chi connectivity index (χ0v) is 10.9. The highest BCUT2D eigenvalue weighted by Crippen LogP contribution is 2.13. The molecule has 92 valence electrons. The summed E-state index contributed by atoms with van der Waals surface area (Å²) in [5.41, 5.74) is 1.37. The summed E-state index contributed by atoms with van der Waals surface area (Å²) in [5, 5.41) is 0. The van der Waals surface area contributed by atoms with E-state index in [0.29, 0.717) is 17.9 Å². The van der Waals surface area contributed by atoms with Gasteiger partial charge in [0.25, 0.3) is 0 Å². The van der Waals surface area contributed by atoms with Crippen LogP contribution >= 0.6 is 0 Å². The molecule has 0 saturated carbocycles. The molecule has 2 nitrogen and oxygen atoms in total. The number of likely N-dealkylation sites (tertiary alicyclic amines) is 1. The molecule has 1 unspecified atom stereocenters. The Morgan fingerprint density at radius 2 is 1.88 bits per heavy atom. The van der Waals surface area contributed by atoms with Crippen LogP contribution in [0.4, 0.5) is 0 Å². The van der Waals surface area contributed by atoms with Crippen molar-refractivity contribution in [2.24, 2.45) is 5.92 Å². The number of carbonyl (C=O) groups excluding carboxylic acids is 1. The number of ketones is 1. The Balaban J connectivity index is 2.14. The highest BCUT2D eigenvalue weighted by Gasteiger charge is 2.35. The van der Waals surface area contributed by atoms with Crippen molar-refractivity contribution in [3.8, 4) is 0 Å². The van der Waals surface area contributed by atoms with Gasteiger partial charge >= 0.3 is 0 Å². The van der Waals surface area contributed by atoms with E-state index in [9.17, 15) is 4.79 Å². The molecule has 1 aromatic carbocycles. The van der Waals surface area contributed by atoms with E-state index in [2.05, 4.69) is 51.1 Å². The van der Waals surface area contributed by atoms with Gasteiger partial charge in [-0.05, 0) is 13.8 Å². The summed E-state index contributed by atoms with van der Waals surface area (Å²) in [4.78, 5) is 13.2. The van der Waals surface area contributed by atoms with Crippen LogP contribution in [0.1, 0.15) is 38.8 Å². The molecule has 0 spiro atoms. The summed E-state index contributed by atoms with van der Waals surface area (Å²) in [6.07, 6.45) is 0.730. The van der Waals surface area contributed by atoms with E-state index < -0.39 is 0 Å². The number of benzene rings is 1. The lowest BCUT2D eigenvalue weighted by atomic mass is 9.91. The number of rotatable bonds is 2. The summed E-state index contributed by atoms with van der Waals surface area (Å²) >= 11 is 0. The fourth-order valence-corrected chi connectivity index (χ4v) is 2.86. The van der Waals surface area contributed by atoms with E-state index in [4.69, 9.17) is 0 Å².